The molecule has 102 valence electrons. The molecule has 0 amide bonds. The zero-order valence-electron chi connectivity index (χ0n) is 10.2. The normalized spacial score (nSPS) is 20.2. The van der Waals surface area contributed by atoms with Gasteiger partial charge in [-0.3, -0.25) is 4.98 Å². The molecule has 19 heavy (non-hydrogen) atoms. The van der Waals surface area contributed by atoms with Gasteiger partial charge in [-0.15, -0.1) is 0 Å². The van der Waals surface area contributed by atoms with Gasteiger partial charge < -0.3 is 9.73 Å². The van der Waals surface area contributed by atoms with Gasteiger partial charge >= 0.3 is 5.76 Å². The molecule has 1 unspecified atom stereocenters. The van der Waals surface area contributed by atoms with Crippen LogP contribution < -0.4 is 11.1 Å². The third kappa shape index (κ3) is 2.40. The van der Waals surface area contributed by atoms with Crippen LogP contribution in [0.5, 0.6) is 0 Å². The Bertz CT molecular complexity index is 641. The predicted octanol–water partition coefficient (Wildman–Crippen LogP) is 2.36. The maximum absolute atomic E-state index is 14.2. The van der Waals surface area contributed by atoms with Gasteiger partial charge in [0.05, 0.1) is 5.52 Å². The number of nitrogens with one attached hydrogen (secondary N) is 2. The number of oxazole rings is 1. The second-order valence-corrected chi connectivity index (χ2v) is 4.93. The smallest absolute Gasteiger partial charge is 0.408 e. The van der Waals surface area contributed by atoms with Crippen molar-refractivity contribution in [1.82, 2.24) is 10.3 Å². The lowest BCUT2D eigenvalue weighted by Gasteiger charge is -2.20. The van der Waals surface area contributed by atoms with Crippen LogP contribution in [0.3, 0.4) is 0 Å². The minimum atomic E-state index is -2.91. The molecule has 0 radical (unpaired) electrons. The third-order valence-corrected chi connectivity index (χ3v) is 3.51. The molecule has 1 fully saturated rings. The van der Waals surface area contributed by atoms with E-state index in [-0.39, 0.29) is 18.0 Å². The molecule has 1 aromatic heterocycles. The molecule has 1 aliphatic heterocycles. The van der Waals surface area contributed by atoms with Crippen LogP contribution >= 0.6 is 0 Å². The van der Waals surface area contributed by atoms with Crippen molar-refractivity contribution in [2.24, 2.45) is 0 Å². The summed E-state index contributed by atoms with van der Waals surface area (Å²) in [4.78, 5) is 13.4. The Morgan fingerprint density at radius 1 is 1.42 bits per heavy atom. The van der Waals surface area contributed by atoms with Gasteiger partial charge in [0.2, 0.25) is 0 Å². The lowest BCUT2D eigenvalue weighted by Crippen LogP contribution is -2.29. The van der Waals surface area contributed by atoms with E-state index in [1.807, 2.05) is 0 Å². The summed E-state index contributed by atoms with van der Waals surface area (Å²) in [6, 6.07) is 3.86. The number of hydrogen-bond donors (Lipinski definition) is 2. The first-order valence-electron chi connectivity index (χ1n) is 6.29. The van der Waals surface area contributed by atoms with Gasteiger partial charge in [-0.05, 0) is 37.6 Å². The molecule has 2 heterocycles. The average molecular weight is 268 g/mol. The summed E-state index contributed by atoms with van der Waals surface area (Å²) < 4.78 is 33.2. The minimum Gasteiger partial charge on any atom is -0.408 e. The Kier molecular flexibility index (Phi) is 2.89. The van der Waals surface area contributed by atoms with E-state index in [9.17, 15) is 13.6 Å². The highest BCUT2D eigenvalue weighted by Gasteiger charge is 2.36. The molecule has 6 heteroatoms. The van der Waals surface area contributed by atoms with Gasteiger partial charge in [0.15, 0.2) is 5.58 Å². The number of aromatic nitrogens is 1. The minimum absolute atomic E-state index is 0.0919. The van der Waals surface area contributed by atoms with Crippen molar-refractivity contribution < 1.29 is 13.2 Å². The van der Waals surface area contributed by atoms with Crippen LogP contribution in [0.25, 0.3) is 11.1 Å². The number of fused-ring (bicyclic) bond motifs is 1. The van der Waals surface area contributed by atoms with Gasteiger partial charge in [0.1, 0.15) is 0 Å². The highest BCUT2D eigenvalue weighted by atomic mass is 19.3. The molecular formula is C13H14F2N2O2. The number of benzene rings is 1. The van der Waals surface area contributed by atoms with Crippen LogP contribution in [0.4, 0.5) is 8.78 Å². The van der Waals surface area contributed by atoms with E-state index >= 15 is 0 Å². The van der Waals surface area contributed by atoms with Crippen molar-refractivity contribution in [1.29, 1.82) is 0 Å². The average Bonchev–Trinajstić information content (AvgIpc) is 2.95. The Morgan fingerprint density at radius 3 is 3.00 bits per heavy atom. The van der Waals surface area contributed by atoms with E-state index in [0.29, 0.717) is 11.1 Å². The van der Waals surface area contributed by atoms with Crippen LogP contribution in [0.2, 0.25) is 0 Å². The van der Waals surface area contributed by atoms with E-state index in [4.69, 9.17) is 4.42 Å². The molecular weight excluding hydrogens is 254 g/mol. The molecule has 1 aromatic carbocycles. The number of hydrogen-bond acceptors (Lipinski definition) is 3. The Hall–Kier alpha value is -1.69. The quantitative estimate of drug-likeness (QED) is 0.898. The van der Waals surface area contributed by atoms with Gasteiger partial charge in [-0.1, -0.05) is 0 Å². The van der Waals surface area contributed by atoms with Crippen molar-refractivity contribution in [2.45, 2.75) is 31.2 Å². The monoisotopic (exact) mass is 268 g/mol. The second kappa shape index (κ2) is 4.45. The standard InChI is InChI=1S/C13H14F2N2O2/c14-13(15,7-9-2-1-5-16-9)8-3-4-11-10(6-8)17-12(18)19-11/h3-4,6,9,16H,1-2,5,7H2,(H,17,18). The maximum atomic E-state index is 14.2. The third-order valence-electron chi connectivity index (χ3n) is 3.51. The van der Waals surface area contributed by atoms with Crippen LogP contribution in [-0.4, -0.2) is 17.6 Å². The maximum Gasteiger partial charge on any atom is 0.417 e. The molecule has 2 N–H and O–H groups in total. The number of halogens is 2. The first kappa shape index (κ1) is 12.3. The summed E-state index contributed by atoms with van der Waals surface area (Å²) in [6.07, 6.45) is 1.50. The van der Waals surface area contributed by atoms with Crippen molar-refractivity contribution in [2.75, 3.05) is 6.54 Å². The molecule has 4 nitrogen and oxygen atoms in total. The molecule has 1 saturated heterocycles. The summed E-state index contributed by atoms with van der Waals surface area (Å²) >= 11 is 0. The van der Waals surface area contributed by atoms with Crippen LogP contribution in [-0.2, 0) is 5.92 Å². The molecule has 0 bridgehead atoms. The predicted molar refractivity (Wildman–Crippen MR) is 66.4 cm³/mol. The molecule has 0 aliphatic carbocycles. The molecule has 2 aromatic rings. The highest BCUT2D eigenvalue weighted by Crippen LogP contribution is 2.35. The van der Waals surface area contributed by atoms with E-state index in [1.165, 1.54) is 18.2 Å². The van der Waals surface area contributed by atoms with Crippen LogP contribution in [0.15, 0.2) is 27.4 Å². The Balaban J connectivity index is 1.90. The Morgan fingerprint density at radius 2 is 2.26 bits per heavy atom. The molecule has 0 saturated carbocycles. The number of H-pyrrole nitrogens is 1. The van der Waals surface area contributed by atoms with Crippen molar-refractivity contribution in [3.05, 3.63) is 34.3 Å². The van der Waals surface area contributed by atoms with Gasteiger partial charge in [-0.25, -0.2) is 13.6 Å². The van der Waals surface area contributed by atoms with E-state index < -0.39 is 11.7 Å². The first-order chi connectivity index (χ1) is 9.04. The van der Waals surface area contributed by atoms with Crippen molar-refractivity contribution >= 4 is 11.1 Å². The van der Waals surface area contributed by atoms with Crippen LogP contribution in [0.1, 0.15) is 24.8 Å². The summed E-state index contributed by atoms with van der Waals surface area (Å²) in [5.41, 5.74) is 0.510. The topological polar surface area (TPSA) is 58.0 Å². The zero-order valence-corrected chi connectivity index (χ0v) is 10.2. The lowest BCUT2D eigenvalue weighted by molar-refractivity contribution is -0.0212. The van der Waals surface area contributed by atoms with E-state index in [1.54, 1.807) is 0 Å². The fourth-order valence-corrected chi connectivity index (χ4v) is 2.54. The summed E-state index contributed by atoms with van der Waals surface area (Å²) in [5.74, 6) is -3.54. The van der Waals surface area contributed by atoms with Gasteiger partial charge in [0, 0.05) is 18.0 Å². The summed E-state index contributed by atoms with van der Waals surface area (Å²) in [5, 5.41) is 3.07. The van der Waals surface area contributed by atoms with E-state index in [2.05, 4.69) is 10.3 Å². The van der Waals surface area contributed by atoms with Crippen molar-refractivity contribution in [3.8, 4) is 0 Å². The van der Waals surface area contributed by atoms with Crippen molar-refractivity contribution in [3.63, 3.8) is 0 Å². The zero-order chi connectivity index (χ0) is 13.5. The SMILES string of the molecule is O=c1[nH]c2cc(C(F)(F)CC3CCCN3)ccc2o1. The number of rotatable bonds is 3. The van der Waals surface area contributed by atoms with E-state index in [0.717, 1.165) is 19.4 Å². The number of alkyl halides is 2. The molecule has 3 rings (SSSR count). The van der Waals surface area contributed by atoms with Gasteiger partial charge in [0.25, 0.3) is 5.92 Å². The largest absolute Gasteiger partial charge is 0.417 e. The fourth-order valence-electron chi connectivity index (χ4n) is 2.54. The lowest BCUT2D eigenvalue weighted by atomic mass is 9.99. The molecule has 1 atom stereocenters. The first-order valence-corrected chi connectivity index (χ1v) is 6.29. The molecule has 0 spiro atoms. The Labute approximate surface area is 107 Å². The summed E-state index contributed by atoms with van der Waals surface area (Å²) in [7, 11) is 0. The van der Waals surface area contributed by atoms with Crippen LogP contribution in [0, 0.1) is 0 Å². The fraction of sp³-hybridized carbons (Fsp3) is 0.462. The molecule has 1 aliphatic rings. The number of aromatic amines is 1. The highest BCUT2D eigenvalue weighted by molar-refractivity contribution is 5.73. The van der Waals surface area contributed by atoms with Gasteiger partial charge in [-0.2, -0.15) is 0 Å². The second-order valence-electron chi connectivity index (χ2n) is 4.93. The summed E-state index contributed by atoms with van der Waals surface area (Å²) in [6.45, 7) is 0.800.